The van der Waals surface area contributed by atoms with Crippen molar-refractivity contribution in [3.63, 3.8) is 0 Å². The predicted octanol–water partition coefficient (Wildman–Crippen LogP) is 1.90. The van der Waals surface area contributed by atoms with E-state index in [2.05, 4.69) is 20.8 Å². The van der Waals surface area contributed by atoms with Crippen molar-refractivity contribution in [2.45, 2.75) is 13.3 Å². The number of rotatable bonds is 3. The quantitative estimate of drug-likeness (QED) is 0.801. The van der Waals surface area contributed by atoms with E-state index in [1.54, 1.807) is 6.07 Å². The van der Waals surface area contributed by atoms with Crippen molar-refractivity contribution < 1.29 is 9.94 Å². The summed E-state index contributed by atoms with van der Waals surface area (Å²) in [5, 5.41) is 9.35. The Morgan fingerprint density at radius 3 is 2.85 bits per heavy atom. The average Bonchev–Trinajstić information content (AvgIpc) is 2.09. The molecule has 0 radical (unpaired) electrons. The van der Waals surface area contributed by atoms with Crippen molar-refractivity contribution in [3.05, 3.63) is 27.7 Å². The van der Waals surface area contributed by atoms with Crippen LogP contribution in [-0.2, 0) is 11.3 Å². The predicted molar refractivity (Wildman–Crippen MR) is 54.4 cm³/mol. The molecule has 72 valence electrons. The second-order valence-electron chi connectivity index (χ2n) is 2.85. The van der Waals surface area contributed by atoms with Crippen molar-refractivity contribution in [2.75, 3.05) is 6.61 Å². The van der Waals surface area contributed by atoms with Gasteiger partial charge in [-0.1, -0.05) is 0 Å². The van der Waals surface area contributed by atoms with E-state index >= 15 is 0 Å². The van der Waals surface area contributed by atoms with Crippen molar-refractivity contribution in [2.24, 2.45) is 5.90 Å². The van der Waals surface area contributed by atoms with E-state index in [1.807, 2.05) is 13.0 Å². The van der Waals surface area contributed by atoms with Crippen LogP contribution < -0.4 is 5.90 Å². The molecular formula is C9H12BrNO2. The monoisotopic (exact) mass is 245 g/mol. The van der Waals surface area contributed by atoms with Gasteiger partial charge in [0.1, 0.15) is 5.75 Å². The summed E-state index contributed by atoms with van der Waals surface area (Å²) in [5.41, 5.74) is 2.16. The van der Waals surface area contributed by atoms with Gasteiger partial charge in [0.25, 0.3) is 0 Å². The Kier molecular flexibility index (Phi) is 3.71. The average molecular weight is 246 g/mol. The maximum absolute atomic E-state index is 9.35. The molecule has 0 spiro atoms. The van der Waals surface area contributed by atoms with Gasteiger partial charge in [0.05, 0.1) is 11.1 Å². The minimum absolute atomic E-state index is 0.259. The molecule has 3 nitrogen and oxygen atoms in total. The third-order valence-electron chi connectivity index (χ3n) is 1.89. The number of aryl methyl sites for hydroxylation is 1. The number of phenolic OH excluding ortho intramolecular Hbond substituents is 1. The highest BCUT2D eigenvalue weighted by Gasteiger charge is 2.03. The van der Waals surface area contributed by atoms with Gasteiger partial charge in [-0.3, -0.25) is 0 Å². The van der Waals surface area contributed by atoms with Gasteiger partial charge in [-0.15, -0.1) is 0 Å². The molecule has 0 bridgehead atoms. The molecule has 0 aliphatic rings. The zero-order valence-electron chi connectivity index (χ0n) is 7.38. The number of aromatic hydroxyl groups is 1. The van der Waals surface area contributed by atoms with Crippen LogP contribution in [0.15, 0.2) is 16.6 Å². The van der Waals surface area contributed by atoms with E-state index in [9.17, 15) is 5.11 Å². The van der Waals surface area contributed by atoms with Crippen molar-refractivity contribution in [1.82, 2.24) is 0 Å². The summed E-state index contributed by atoms with van der Waals surface area (Å²) in [5.74, 6) is 5.19. The minimum atomic E-state index is 0.259. The standard InChI is InChI=1S/C9H12BrNO2/c1-6-4-9(12)8(10)5-7(6)2-3-13-11/h4-5,12H,2-3,11H2,1H3. The smallest absolute Gasteiger partial charge is 0.130 e. The van der Waals surface area contributed by atoms with Crippen LogP contribution in [0.1, 0.15) is 11.1 Å². The van der Waals surface area contributed by atoms with Gasteiger partial charge in [-0.25, -0.2) is 5.90 Å². The van der Waals surface area contributed by atoms with Gasteiger partial charge < -0.3 is 9.94 Å². The number of phenols is 1. The Balaban J connectivity index is 2.88. The van der Waals surface area contributed by atoms with Crippen LogP contribution in [0.4, 0.5) is 0 Å². The highest BCUT2D eigenvalue weighted by molar-refractivity contribution is 9.10. The Morgan fingerprint density at radius 2 is 2.23 bits per heavy atom. The van der Waals surface area contributed by atoms with E-state index in [1.165, 1.54) is 0 Å². The van der Waals surface area contributed by atoms with E-state index < -0.39 is 0 Å². The largest absolute Gasteiger partial charge is 0.507 e. The summed E-state index contributed by atoms with van der Waals surface area (Å²) in [6.07, 6.45) is 0.751. The Morgan fingerprint density at radius 1 is 1.54 bits per heavy atom. The maximum Gasteiger partial charge on any atom is 0.130 e. The molecule has 0 saturated carbocycles. The normalized spacial score (nSPS) is 10.4. The summed E-state index contributed by atoms with van der Waals surface area (Å²) < 4.78 is 0.699. The maximum atomic E-state index is 9.35. The number of halogens is 1. The fraction of sp³-hybridized carbons (Fsp3) is 0.333. The molecule has 0 aliphatic heterocycles. The number of nitrogens with two attached hydrogens (primary N) is 1. The Bertz CT molecular complexity index is 302. The Labute approximate surface area is 85.6 Å². The molecule has 1 aromatic rings. The van der Waals surface area contributed by atoms with E-state index in [-0.39, 0.29) is 5.75 Å². The van der Waals surface area contributed by atoms with Crippen LogP contribution in [0.3, 0.4) is 0 Å². The highest BCUT2D eigenvalue weighted by Crippen LogP contribution is 2.27. The first-order chi connectivity index (χ1) is 6.15. The number of hydrogen-bond donors (Lipinski definition) is 2. The molecule has 4 heteroatoms. The van der Waals surface area contributed by atoms with Crippen molar-refractivity contribution >= 4 is 15.9 Å². The van der Waals surface area contributed by atoms with Crippen LogP contribution in [-0.4, -0.2) is 11.7 Å². The molecule has 0 aliphatic carbocycles. The van der Waals surface area contributed by atoms with Crippen LogP contribution in [0.25, 0.3) is 0 Å². The lowest BCUT2D eigenvalue weighted by Crippen LogP contribution is -2.04. The summed E-state index contributed by atoms with van der Waals surface area (Å²) in [6.45, 7) is 2.43. The van der Waals surface area contributed by atoms with Gasteiger partial charge in [0.2, 0.25) is 0 Å². The molecule has 0 unspecified atom stereocenters. The molecular weight excluding hydrogens is 234 g/mol. The lowest BCUT2D eigenvalue weighted by atomic mass is 10.1. The second-order valence-corrected chi connectivity index (χ2v) is 3.71. The molecule has 0 fully saturated rings. The topological polar surface area (TPSA) is 55.5 Å². The summed E-state index contributed by atoms with van der Waals surface area (Å²) in [6, 6.07) is 3.60. The molecule has 0 heterocycles. The number of hydrogen-bond acceptors (Lipinski definition) is 3. The molecule has 13 heavy (non-hydrogen) atoms. The Hall–Kier alpha value is -0.580. The first-order valence-electron chi connectivity index (χ1n) is 3.95. The minimum Gasteiger partial charge on any atom is -0.507 e. The SMILES string of the molecule is Cc1cc(O)c(Br)cc1CCON. The van der Waals surface area contributed by atoms with Crippen molar-refractivity contribution in [3.8, 4) is 5.75 Å². The lowest BCUT2D eigenvalue weighted by Gasteiger charge is -2.06. The van der Waals surface area contributed by atoms with E-state index in [4.69, 9.17) is 5.90 Å². The number of benzene rings is 1. The molecule has 1 rings (SSSR count). The first kappa shape index (κ1) is 10.5. The van der Waals surface area contributed by atoms with Gasteiger partial charge in [-0.05, 0) is 52.5 Å². The van der Waals surface area contributed by atoms with Gasteiger partial charge >= 0.3 is 0 Å². The zero-order chi connectivity index (χ0) is 9.84. The summed E-state index contributed by atoms with van der Waals surface area (Å²) >= 11 is 3.25. The molecule has 1 aromatic carbocycles. The lowest BCUT2D eigenvalue weighted by molar-refractivity contribution is 0.141. The van der Waals surface area contributed by atoms with Crippen LogP contribution >= 0.6 is 15.9 Å². The van der Waals surface area contributed by atoms with Crippen molar-refractivity contribution in [1.29, 1.82) is 0 Å². The molecule has 0 aromatic heterocycles. The van der Waals surface area contributed by atoms with Crippen LogP contribution in [0.2, 0.25) is 0 Å². The third-order valence-corrected chi connectivity index (χ3v) is 2.53. The van der Waals surface area contributed by atoms with Gasteiger partial charge in [-0.2, -0.15) is 0 Å². The molecule has 0 amide bonds. The second kappa shape index (κ2) is 4.60. The third kappa shape index (κ3) is 2.69. The summed E-state index contributed by atoms with van der Waals surface area (Å²) in [4.78, 5) is 4.49. The summed E-state index contributed by atoms with van der Waals surface area (Å²) in [7, 11) is 0. The zero-order valence-corrected chi connectivity index (χ0v) is 8.97. The fourth-order valence-corrected chi connectivity index (χ4v) is 1.54. The van der Waals surface area contributed by atoms with Gasteiger partial charge in [0.15, 0.2) is 0 Å². The van der Waals surface area contributed by atoms with Crippen LogP contribution in [0, 0.1) is 6.92 Å². The molecule has 3 N–H and O–H groups in total. The van der Waals surface area contributed by atoms with Gasteiger partial charge in [0, 0.05) is 0 Å². The van der Waals surface area contributed by atoms with Crippen LogP contribution in [0.5, 0.6) is 5.75 Å². The molecule has 0 saturated heterocycles. The van der Waals surface area contributed by atoms with E-state index in [0.29, 0.717) is 11.1 Å². The van der Waals surface area contributed by atoms with E-state index in [0.717, 1.165) is 17.5 Å². The fourth-order valence-electron chi connectivity index (χ4n) is 1.15. The molecule has 0 atom stereocenters. The highest BCUT2D eigenvalue weighted by atomic mass is 79.9. The first-order valence-corrected chi connectivity index (χ1v) is 4.74.